The van der Waals surface area contributed by atoms with Crippen LogP contribution in [0.5, 0.6) is 0 Å². The van der Waals surface area contributed by atoms with Crippen LogP contribution in [-0.4, -0.2) is 156 Å². The van der Waals surface area contributed by atoms with Crippen molar-refractivity contribution < 1.29 is 106 Å². The summed E-state index contributed by atoms with van der Waals surface area (Å²) in [5, 5.41) is 30.5. The molecule has 0 radical (unpaired) electrons. The van der Waals surface area contributed by atoms with Gasteiger partial charge in [0.15, 0.2) is 0 Å². The fourth-order valence-corrected chi connectivity index (χ4v) is 15.5. The highest BCUT2D eigenvalue weighted by Gasteiger charge is 2.60. The molecule has 1 aromatic carbocycles. The van der Waals surface area contributed by atoms with Crippen LogP contribution >= 0.6 is 0 Å². The number of para-hydroxylation sites is 1. The topological polar surface area (TPSA) is 334 Å². The minimum atomic E-state index is -0.996. The Morgan fingerprint density at radius 3 is 1.26 bits per heavy atom. The van der Waals surface area contributed by atoms with Gasteiger partial charge in [0.1, 0.15) is 66.7 Å². The number of benzene rings is 1. The van der Waals surface area contributed by atoms with Crippen LogP contribution in [0.2, 0.25) is 0 Å². The molecule has 8 aliphatic rings. The fraction of sp³-hybridized carbons (Fsp3) is 0.534. The SMILES string of the molecule is C=C1C=C[C@@H](OC(C)=O)CC12CC(=O)O[C@@H]2/C=C(\C)CC/C=C(/C=O)CO.C=C1C=C[C@@H](OC(C)=O)CC12CC(=O)O[C@@H]2/C=C(\C)CCC=C(CO)CO.CC(=O)O[C@@H]1CCC(=O)C2(CC(=O)O[C@@H]2/C=C(\C)CCC=C(C)C)C1.CC(=O)O[C@H]1CC2(CC(=O)O[C@@H]2/C=C(\C)CCC=C(C)C)C(=O)C[C@@H]1Nc1ccccc1. The Bertz CT molecular complexity index is 3920. The van der Waals surface area contributed by atoms with Crippen molar-refractivity contribution in [1.29, 1.82) is 0 Å². The maximum atomic E-state index is 13.4. The van der Waals surface area contributed by atoms with Gasteiger partial charge in [-0.25, -0.2) is 0 Å². The third kappa shape index (κ3) is 26.1. The number of ketones is 2. The summed E-state index contributed by atoms with van der Waals surface area (Å²) in [6.07, 6.45) is 28.7. The number of rotatable bonds is 26. The maximum Gasteiger partial charge on any atom is 0.307 e. The molecular formula is C88H115NO22. The molecule has 0 aromatic heterocycles. The second-order valence-electron chi connectivity index (χ2n) is 30.9. The third-order valence-corrected chi connectivity index (χ3v) is 21.3. The lowest BCUT2D eigenvalue weighted by molar-refractivity contribution is -0.156. The number of aldehydes is 1. The first-order chi connectivity index (χ1) is 52.5. The van der Waals surface area contributed by atoms with Crippen molar-refractivity contribution in [2.45, 2.75) is 260 Å². The van der Waals surface area contributed by atoms with Gasteiger partial charge in [-0.2, -0.15) is 0 Å². The molecule has 4 heterocycles. The summed E-state index contributed by atoms with van der Waals surface area (Å²) in [4.78, 5) is 131. The highest BCUT2D eigenvalue weighted by molar-refractivity contribution is 5.95. The minimum Gasteiger partial charge on any atom is -0.463 e. The Kier molecular flexibility index (Phi) is 34.4. The summed E-state index contributed by atoms with van der Waals surface area (Å²) in [7, 11) is 0. The summed E-state index contributed by atoms with van der Waals surface area (Å²) >= 11 is 0. The standard InChI is InChI=1S/C26H33NO5.C21H28O6.C21H26O6.C20H28O5/c1-17(2)9-8-10-18(3)13-24-26(16-25(30)32-24)15-22(31-19(4)28)21(14-23(26)29)27-20-11-6-5-7-12-20;2*1-14(5-4-6-17(12-22)13-23)9-19-21(11-20(25)27-19)10-18(26-16(3)24)8-7-15(21)2;1-13(2)6-5-7-14(3)10-18-20(12-19(23)25-18)11-16(24-15(4)21)8-9-17(20)22/h5-7,9,11-13,21-22,24,27H,8,10,14-16H2,1-4H3;6-9,18-19,22-23H,2,4-5,10-13H2,1,3H3;6-9,12,18-19,23H,2,4-5,10-11,13H2,1,3H3;6,10,16,18H,5,7-9,11-12H2,1-4H3/b18-13+;14-9+;14-9+,17-6-;14-10+/t21-,22-,24+,26?;2*18-,19-,21?;16-,18-,20?/m0111/s1. The number of allylic oxidation sites excluding steroid dienone is 12. The number of anilines is 1. The van der Waals surface area contributed by atoms with E-state index in [2.05, 4.69) is 58.3 Å². The molecule has 6 fully saturated rings. The Morgan fingerprint density at radius 2 is 0.874 bits per heavy atom. The highest BCUT2D eigenvalue weighted by Crippen LogP contribution is 2.53. The summed E-state index contributed by atoms with van der Waals surface area (Å²) < 4.78 is 43.8. The number of nitrogens with one attached hydrogen (secondary N) is 1. The Balaban J connectivity index is 0.000000232. The number of carbonyl (C=O) groups is 11. The predicted molar refractivity (Wildman–Crippen MR) is 417 cm³/mol. The lowest BCUT2D eigenvalue weighted by Crippen LogP contribution is -2.54. The van der Waals surface area contributed by atoms with E-state index >= 15 is 0 Å². The molecule has 23 nitrogen and oxygen atoms in total. The molecule has 9 rings (SSSR count). The Hall–Kier alpha value is -9.45. The van der Waals surface area contributed by atoms with E-state index in [0.717, 1.165) is 64.8 Å². The molecule has 4 unspecified atom stereocenters. The number of Topliss-reactive ketones (excluding diaryl/α,β-unsaturated/α-hetero) is 2. The molecule has 4 aliphatic heterocycles. The van der Waals surface area contributed by atoms with Crippen LogP contribution in [0.1, 0.15) is 205 Å². The van der Waals surface area contributed by atoms with Crippen LogP contribution in [0, 0.1) is 21.7 Å². The number of hydrogen-bond donors (Lipinski definition) is 4. The molecule has 4 N–H and O–H groups in total. The van der Waals surface area contributed by atoms with Gasteiger partial charge in [0, 0.05) is 88.3 Å². The Labute approximate surface area is 653 Å². The average molecular weight is 1540 g/mol. The van der Waals surface area contributed by atoms with Crippen molar-refractivity contribution in [3.05, 3.63) is 172 Å². The smallest absolute Gasteiger partial charge is 0.307 e. The van der Waals surface area contributed by atoms with Gasteiger partial charge in [-0.15, -0.1) is 0 Å². The number of esters is 8. The molecule has 23 heteroatoms. The number of carbonyl (C=O) groups excluding carboxylic acids is 11. The summed E-state index contributed by atoms with van der Waals surface area (Å²) in [6, 6.07) is 9.16. The van der Waals surface area contributed by atoms with Crippen molar-refractivity contribution in [2.75, 3.05) is 25.1 Å². The van der Waals surface area contributed by atoms with Crippen molar-refractivity contribution >= 4 is 71.3 Å². The number of ether oxygens (including phenoxy) is 8. The lowest BCUT2D eigenvalue weighted by atomic mass is 9.65. The van der Waals surface area contributed by atoms with Crippen LogP contribution in [0.4, 0.5) is 5.69 Å². The molecule has 4 spiro atoms. The van der Waals surface area contributed by atoms with E-state index in [1.54, 1.807) is 24.3 Å². The third-order valence-electron chi connectivity index (χ3n) is 21.3. The first-order valence-corrected chi connectivity index (χ1v) is 38.2. The minimum absolute atomic E-state index is 0.0179. The summed E-state index contributed by atoms with van der Waals surface area (Å²) in [6.45, 7) is 29.2. The zero-order valence-corrected chi connectivity index (χ0v) is 66.7. The molecule has 1 aromatic rings. The van der Waals surface area contributed by atoms with Gasteiger partial charge in [-0.3, -0.25) is 52.7 Å². The fourth-order valence-electron chi connectivity index (χ4n) is 15.5. The summed E-state index contributed by atoms with van der Waals surface area (Å²) in [5.41, 5.74) is 6.99. The van der Waals surface area contributed by atoms with E-state index in [1.807, 2.05) is 94.5 Å². The van der Waals surface area contributed by atoms with E-state index in [-0.39, 0.29) is 124 Å². The number of aliphatic hydroxyl groups is 3. The van der Waals surface area contributed by atoms with E-state index in [4.69, 9.17) is 53.2 Å². The van der Waals surface area contributed by atoms with E-state index in [1.165, 1.54) is 38.8 Å². The maximum absolute atomic E-state index is 13.4. The Morgan fingerprint density at radius 1 is 0.486 bits per heavy atom. The zero-order chi connectivity index (χ0) is 82.0. The van der Waals surface area contributed by atoms with Gasteiger partial charge in [-0.05, 0) is 178 Å². The molecule has 4 aliphatic carbocycles. The molecule has 4 saturated heterocycles. The van der Waals surface area contributed by atoms with Gasteiger partial charge in [0.2, 0.25) is 0 Å². The van der Waals surface area contributed by atoms with Gasteiger partial charge < -0.3 is 58.5 Å². The quantitative estimate of drug-likeness (QED) is 0.0220. The normalized spacial score (nSPS) is 28.3. The molecule has 0 bridgehead atoms. The van der Waals surface area contributed by atoms with Gasteiger partial charge >= 0.3 is 47.8 Å². The second-order valence-corrected chi connectivity index (χ2v) is 30.9. The van der Waals surface area contributed by atoms with Crippen molar-refractivity contribution in [3.8, 4) is 0 Å². The number of aliphatic hydroxyl groups excluding tert-OH is 3. The van der Waals surface area contributed by atoms with E-state index in [0.29, 0.717) is 75.2 Å². The molecule has 111 heavy (non-hydrogen) atoms. The predicted octanol–water partition coefficient (Wildman–Crippen LogP) is 13.4. The van der Waals surface area contributed by atoms with Crippen LogP contribution in [0.15, 0.2) is 172 Å². The van der Waals surface area contributed by atoms with Crippen LogP contribution in [-0.2, 0) is 90.6 Å². The van der Waals surface area contributed by atoms with Gasteiger partial charge in [0.25, 0.3) is 0 Å². The number of hydrogen-bond acceptors (Lipinski definition) is 23. The van der Waals surface area contributed by atoms with Gasteiger partial charge in [-0.1, -0.05) is 101 Å². The average Bonchev–Trinajstić information content (AvgIpc) is 1.67. The van der Waals surface area contributed by atoms with Crippen LogP contribution in [0.25, 0.3) is 0 Å². The monoisotopic (exact) mass is 1540 g/mol. The first kappa shape index (κ1) is 90.4. The zero-order valence-electron chi connectivity index (χ0n) is 66.7. The molecule has 604 valence electrons. The van der Waals surface area contributed by atoms with E-state index < -0.39 is 70.4 Å². The van der Waals surface area contributed by atoms with E-state index in [9.17, 15) is 52.7 Å². The molecular weight excluding hydrogens is 1420 g/mol. The van der Waals surface area contributed by atoms with Crippen LogP contribution < -0.4 is 5.32 Å². The first-order valence-electron chi connectivity index (χ1n) is 38.2. The van der Waals surface area contributed by atoms with Crippen LogP contribution in [0.3, 0.4) is 0 Å². The molecule has 2 saturated carbocycles. The van der Waals surface area contributed by atoms with Gasteiger partial charge in [0.05, 0.1) is 62.4 Å². The van der Waals surface area contributed by atoms with Crippen molar-refractivity contribution in [1.82, 2.24) is 0 Å². The van der Waals surface area contributed by atoms with Crippen molar-refractivity contribution in [3.63, 3.8) is 0 Å². The van der Waals surface area contributed by atoms with Crippen molar-refractivity contribution in [2.24, 2.45) is 21.7 Å². The molecule has 13 atom stereocenters. The largest absolute Gasteiger partial charge is 0.463 e. The number of cyclic esters (lactones) is 4. The molecule has 0 amide bonds. The lowest BCUT2D eigenvalue weighted by Gasteiger charge is -2.42. The highest BCUT2D eigenvalue weighted by atomic mass is 16.6. The summed E-state index contributed by atoms with van der Waals surface area (Å²) in [5.74, 6) is -2.81. The second kappa shape index (κ2) is 42.3.